The predicted molar refractivity (Wildman–Crippen MR) is 50.1 cm³/mol. The van der Waals surface area contributed by atoms with E-state index < -0.39 is 0 Å². The fourth-order valence-corrected chi connectivity index (χ4v) is 1.37. The average Bonchev–Trinajstić information content (AvgIpc) is 2.47. The lowest BCUT2D eigenvalue weighted by atomic mass is 10.2. The third-order valence-corrected chi connectivity index (χ3v) is 2.20. The number of hydrogen-bond donors (Lipinski definition) is 0. The first-order valence-electron chi connectivity index (χ1n) is 4.21. The van der Waals surface area contributed by atoms with Crippen LogP contribution < -0.4 is 0 Å². The normalized spacial score (nSPS) is 10.8. The van der Waals surface area contributed by atoms with Crippen LogP contribution in [0.1, 0.15) is 12.5 Å². The van der Waals surface area contributed by atoms with Crippen LogP contribution in [0.25, 0.3) is 11.0 Å². The van der Waals surface area contributed by atoms with Gasteiger partial charge in [0, 0.05) is 19.4 Å². The van der Waals surface area contributed by atoms with E-state index in [-0.39, 0.29) is 0 Å². The standard InChI is InChI=1S/C10H12N2/c1-3-8-6-10-9(11-7-8)4-5-12(10)2/h4-7H,3H2,1-2H3. The van der Waals surface area contributed by atoms with E-state index in [0.29, 0.717) is 0 Å². The van der Waals surface area contributed by atoms with Crippen LogP contribution in [0.5, 0.6) is 0 Å². The van der Waals surface area contributed by atoms with E-state index >= 15 is 0 Å². The molecule has 2 heterocycles. The second-order valence-electron chi connectivity index (χ2n) is 3.03. The van der Waals surface area contributed by atoms with Gasteiger partial charge in [0.25, 0.3) is 0 Å². The minimum atomic E-state index is 1.05. The molecular formula is C10H12N2. The Morgan fingerprint density at radius 2 is 2.33 bits per heavy atom. The molecule has 2 aromatic heterocycles. The lowest BCUT2D eigenvalue weighted by Gasteiger charge is -1.98. The van der Waals surface area contributed by atoms with Gasteiger partial charge in [-0.05, 0) is 24.1 Å². The highest BCUT2D eigenvalue weighted by molar-refractivity contribution is 5.75. The molecule has 12 heavy (non-hydrogen) atoms. The van der Waals surface area contributed by atoms with Gasteiger partial charge in [-0.25, -0.2) is 0 Å². The molecule has 0 fully saturated rings. The summed E-state index contributed by atoms with van der Waals surface area (Å²) in [5.74, 6) is 0. The van der Waals surface area contributed by atoms with Crippen molar-refractivity contribution < 1.29 is 0 Å². The van der Waals surface area contributed by atoms with Crippen molar-refractivity contribution in [2.75, 3.05) is 0 Å². The lowest BCUT2D eigenvalue weighted by molar-refractivity contribution is 0.964. The summed E-state index contributed by atoms with van der Waals surface area (Å²) < 4.78 is 2.10. The fourth-order valence-electron chi connectivity index (χ4n) is 1.37. The molecule has 2 nitrogen and oxygen atoms in total. The summed E-state index contributed by atoms with van der Waals surface area (Å²) in [4.78, 5) is 4.35. The van der Waals surface area contributed by atoms with Gasteiger partial charge in [0.2, 0.25) is 0 Å². The Labute approximate surface area is 71.8 Å². The van der Waals surface area contributed by atoms with E-state index in [9.17, 15) is 0 Å². The maximum absolute atomic E-state index is 4.35. The Balaban J connectivity index is 2.71. The number of aryl methyl sites for hydroxylation is 2. The topological polar surface area (TPSA) is 17.8 Å². The highest BCUT2D eigenvalue weighted by atomic mass is 14.9. The van der Waals surface area contributed by atoms with E-state index in [1.807, 2.05) is 25.5 Å². The van der Waals surface area contributed by atoms with Crippen molar-refractivity contribution in [1.82, 2.24) is 9.55 Å². The zero-order valence-corrected chi connectivity index (χ0v) is 7.41. The van der Waals surface area contributed by atoms with Gasteiger partial charge in [0.05, 0.1) is 11.0 Å². The molecule has 0 bridgehead atoms. The summed E-state index contributed by atoms with van der Waals surface area (Å²) in [6.07, 6.45) is 5.04. The predicted octanol–water partition coefficient (Wildman–Crippen LogP) is 2.14. The Hall–Kier alpha value is -1.31. The van der Waals surface area contributed by atoms with E-state index in [4.69, 9.17) is 0 Å². The molecule has 0 aliphatic carbocycles. The van der Waals surface area contributed by atoms with Gasteiger partial charge in [-0.15, -0.1) is 0 Å². The van der Waals surface area contributed by atoms with E-state index in [1.54, 1.807) is 0 Å². The molecule has 2 aromatic rings. The van der Waals surface area contributed by atoms with Gasteiger partial charge in [-0.2, -0.15) is 0 Å². The molecular weight excluding hydrogens is 148 g/mol. The maximum atomic E-state index is 4.35. The first kappa shape index (κ1) is 7.35. The number of aromatic nitrogens is 2. The number of hydrogen-bond acceptors (Lipinski definition) is 1. The molecule has 62 valence electrons. The quantitative estimate of drug-likeness (QED) is 0.625. The Morgan fingerprint density at radius 3 is 3.08 bits per heavy atom. The third kappa shape index (κ3) is 0.998. The largest absolute Gasteiger partial charge is 0.349 e. The summed E-state index contributed by atoms with van der Waals surface area (Å²) in [5.41, 5.74) is 3.59. The van der Waals surface area contributed by atoms with E-state index in [2.05, 4.69) is 22.5 Å². The molecule has 0 radical (unpaired) electrons. The van der Waals surface area contributed by atoms with Gasteiger partial charge < -0.3 is 4.57 Å². The van der Waals surface area contributed by atoms with Crippen molar-refractivity contribution in [1.29, 1.82) is 0 Å². The third-order valence-electron chi connectivity index (χ3n) is 2.20. The number of nitrogens with zero attached hydrogens (tertiary/aromatic N) is 2. The second kappa shape index (κ2) is 2.63. The van der Waals surface area contributed by atoms with Crippen LogP contribution in [0.4, 0.5) is 0 Å². The van der Waals surface area contributed by atoms with Crippen LogP contribution in [0.15, 0.2) is 24.5 Å². The lowest BCUT2D eigenvalue weighted by Crippen LogP contribution is -1.87. The Kier molecular flexibility index (Phi) is 1.61. The van der Waals surface area contributed by atoms with Crippen molar-refractivity contribution in [3.8, 4) is 0 Å². The molecule has 0 aromatic carbocycles. The van der Waals surface area contributed by atoms with Crippen molar-refractivity contribution in [2.24, 2.45) is 7.05 Å². The molecule has 0 saturated heterocycles. The van der Waals surface area contributed by atoms with E-state index in [1.165, 1.54) is 11.1 Å². The first-order valence-corrected chi connectivity index (χ1v) is 4.21. The molecule has 2 rings (SSSR count). The Bertz CT molecular complexity index is 401. The highest BCUT2D eigenvalue weighted by Gasteiger charge is 1.98. The van der Waals surface area contributed by atoms with Gasteiger partial charge in [-0.3, -0.25) is 4.98 Å². The molecule has 0 N–H and O–H groups in total. The molecule has 0 saturated carbocycles. The van der Waals surface area contributed by atoms with Crippen molar-refractivity contribution >= 4 is 11.0 Å². The van der Waals surface area contributed by atoms with Crippen LogP contribution >= 0.6 is 0 Å². The van der Waals surface area contributed by atoms with Crippen molar-refractivity contribution in [3.63, 3.8) is 0 Å². The number of fused-ring (bicyclic) bond motifs is 1. The smallest absolute Gasteiger partial charge is 0.0881 e. The minimum Gasteiger partial charge on any atom is -0.349 e. The van der Waals surface area contributed by atoms with Gasteiger partial charge in [0.1, 0.15) is 0 Å². The number of pyridine rings is 1. The van der Waals surface area contributed by atoms with Crippen LogP contribution in [0.3, 0.4) is 0 Å². The molecule has 0 spiro atoms. The van der Waals surface area contributed by atoms with Gasteiger partial charge in [0.15, 0.2) is 0 Å². The summed E-state index contributed by atoms with van der Waals surface area (Å²) >= 11 is 0. The van der Waals surface area contributed by atoms with Crippen LogP contribution in [0.2, 0.25) is 0 Å². The number of rotatable bonds is 1. The second-order valence-corrected chi connectivity index (χ2v) is 3.03. The van der Waals surface area contributed by atoms with Crippen molar-refractivity contribution in [2.45, 2.75) is 13.3 Å². The molecule has 0 amide bonds. The molecule has 0 atom stereocenters. The van der Waals surface area contributed by atoms with Crippen molar-refractivity contribution in [3.05, 3.63) is 30.1 Å². The van der Waals surface area contributed by atoms with E-state index in [0.717, 1.165) is 11.9 Å². The average molecular weight is 160 g/mol. The van der Waals surface area contributed by atoms with Gasteiger partial charge >= 0.3 is 0 Å². The van der Waals surface area contributed by atoms with Crippen LogP contribution in [0, 0.1) is 0 Å². The fraction of sp³-hybridized carbons (Fsp3) is 0.300. The molecule has 0 aliphatic rings. The van der Waals surface area contributed by atoms with Gasteiger partial charge in [-0.1, -0.05) is 6.92 Å². The van der Waals surface area contributed by atoms with Crippen LogP contribution in [-0.4, -0.2) is 9.55 Å². The summed E-state index contributed by atoms with van der Waals surface area (Å²) in [6, 6.07) is 4.23. The highest BCUT2D eigenvalue weighted by Crippen LogP contribution is 2.13. The monoisotopic (exact) mass is 160 g/mol. The molecule has 2 heteroatoms. The summed E-state index contributed by atoms with van der Waals surface area (Å²) in [7, 11) is 2.05. The summed E-state index contributed by atoms with van der Waals surface area (Å²) in [5, 5.41) is 0. The molecule has 0 unspecified atom stereocenters. The molecule has 0 aliphatic heterocycles. The first-order chi connectivity index (χ1) is 5.81. The van der Waals surface area contributed by atoms with Crippen LogP contribution in [-0.2, 0) is 13.5 Å². The SMILES string of the molecule is CCc1cnc2ccn(C)c2c1. The Morgan fingerprint density at radius 1 is 1.50 bits per heavy atom. The zero-order chi connectivity index (χ0) is 8.55. The minimum absolute atomic E-state index is 1.05. The zero-order valence-electron chi connectivity index (χ0n) is 7.41. The summed E-state index contributed by atoms with van der Waals surface area (Å²) in [6.45, 7) is 2.14. The maximum Gasteiger partial charge on any atom is 0.0881 e.